The number of rotatable bonds is 6. The minimum absolute atomic E-state index is 0.106. The maximum atomic E-state index is 13.1. The second-order valence-corrected chi connectivity index (χ2v) is 11.4. The monoisotopic (exact) mass is 434 g/mol. The average molecular weight is 435 g/mol. The summed E-state index contributed by atoms with van der Waals surface area (Å²) in [6, 6.07) is 7.73. The molecule has 166 valence electrons. The number of nitrogens with zero attached hydrogens (tertiary/aromatic N) is 2. The van der Waals surface area contributed by atoms with E-state index in [0.29, 0.717) is 30.1 Å². The van der Waals surface area contributed by atoms with Crippen molar-refractivity contribution in [2.75, 3.05) is 39.5 Å². The third-order valence-corrected chi connectivity index (χ3v) is 9.76. The van der Waals surface area contributed by atoms with E-state index in [9.17, 15) is 8.42 Å². The zero-order valence-corrected chi connectivity index (χ0v) is 18.8. The van der Waals surface area contributed by atoms with Gasteiger partial charge in [0, 0.05) is 45.5 Å². The Bertz CT molecular complexity index is 856. The Morgan fingerprint density at radius 2 is 1.80 bits per heavy atom. The standard InChI is InChI=1S/C23H34N2O4S/c1-18-4-2-3-5-21(18)30(26,27)24-12-8-20(9-13-24)25-16-22(29-17-19-6-7-19)23(25)10-14-28-15-11-23/h2-5,19-20,22H,6-17H2,1H3. The van der Waals surface area contributed by atoms with Gasteiger partial charge in [0.1, 0.15) is 0 Å². The quantitative estimate of drug-likeness (QED) is 0.689. The SMILES string of the molecule is Cc1ccccc1S(=O)(=O)N1CCC(N2CC(OCC3CC3)C23CCOCC3)CC1. The summed E-state index contributed by atoms with van der Waals surface area (Å²) in [5.41, 5.74) is 0.925. The number of ether oxygens (including phenoxy) is 2. The van der Waals surface area contributed by atoms with Gasteiger partial charge in [-0.05, 0) is 63.0 Å². The van der Waals surface area contributed by atoms with Crippen molar-refractivity contribution in [2.45, 2.75) is 68.0 Å². The molecule has 3 heterocycles. The lowest BCUT2D eigenvalue weighted by Gasteiger charge is -2.63. The average Bonchev–Trinajstić information content (AvgIpc) is 3.58. The van der Waals surface area contributed by atoms with E-state index < -0.39 is 10.0 Å². The van der Waals surface area contributed by atoms with Gasteiger partial charge in [-0.1, -0.05) is 18.2 Å². The van der Waals surface area contributed by atoms with Crippen molar-refractivity contribution in [1.29, 1.82) is 0 Å². The fourth-order valence-electron chi connectivity index (χ4n) is 5.57. The Labute approximate surface area is 180 Å². The van der Waals surface area contributed by atoms with Gasteiger partial charge < -0.3 is 9.47 Å². The summed E-state index contributed by atoms with van der Waals surface area (Å²) in [6.07, 6.45) is 6.80. The first-order chi connectivity index (χ1) is 14.5. The van der Waals surface area contributed by atoms with E-state index in [1.807, 2.05) is 25.1 Å². The molecule has 1 unspecified atom stereocenters. The highest BCUT2D eigenvalue weighted by Crippen LogP contribution is 2.45. The van der Waals surface area contributed by atoms with Crippen molar-refractivity contribution in [3.63, 3.8) is 0 Å². The molecule has 0 N–H and O–H groups in total. The minimum atomic E-state index is -3.42. The fraction of sp³-hybridized carbons (Fsp3) is 0.739. The molecule has 1 atom stereocenters. The molecule has 7 heteroatoms. The Kier molecular flexibility index (Phi) is 5.69. The molecule has 0 radical (unpaired) electrons. The second kappa shape index (κ2) is 8.17. The van der Waals surface area contributed by atoms with E-state index in [4.69, 9.17) is 9.47 Å². The Balaban J connectivity index is 1.24. The molecular formula is C23H34N2O4S. The van der Waals surface area contributed by atoms with Gasteiger partial charge in [-0.15, -0.1) is 0 Å². The molecule has 4 aliphatic rings. The van der Waals surface area contributed by atoms with Crippen LogP contribution in [-0.2, 0) is 19.5 Å². The van der Waals surface area contributed by atoms with Gasteiger partial charge in [0.05, 0.1) is 16.5 Å². The van der Waals surface area contributed by atoms with Crippen molar-refractivity contribution in [3.8, 4) is 0 Å². The summed E-state index contributed by atoms with van der Waals surface area (Å²) >= 11 is 0. The topological polar surface area (TPSA) is 59.1 Å². The lowest BCUT2D eigenvalue weighted by atomic mass is 9.73. The molecule has 5 rings (SSSR count). The molecule has 3 aliphatic heterocycles. The molecule has 1 aromatic carbocycles. The summed E-state index contributed by atoms with van der Waals surface area (Å²) in [4.78, 5) is 3.09. The van der Waals surface area contributed by atoms with Gasteiger partial charge in [0.15, 0.2) is 0 Å². The zero-order chi connectivity index (χ0) is 20.8. The molecule has 0 aromatic heterocycles. The Hall–Kier alpha value is -0.990. The van der Waals surface area contributed by atoms with Crippen molar-refractivity contribution in [2.24, 2.45) is 5.92 Å². The molecule has 30 heavy (non-hydrogen) atoms. The third kappa shape index (κ3) is 3.73. The number of benzene rings is 1. The van der Waals surface area contributed by atoms with Gasteiger partial charge in [-0.2, -0.15) is 4.31 Å². The summed E-state index contributed by atoms with van der Waals surface area (Å²) in [5.74, 6) is 0.783. The van der Waals surface area contributed by atoms with E-state index in [0.717, 1.165) is 63.5 Å². The summed E-state index contributed by atoms with van der Waals surface area (Å²) < 4.78 is 40.0. The number of hydrogen-bond donors (Lipinski definition) is 0. The van der Waals surface area contributed by atoms with Gasteiger partial charge in [-0.25, -0.2) is 8.42 Å². The van der Waals surface area contributed by atoms with Crippen molar-refractivity contribution in [1.82, 2.24) is 9.21 Å². The van der Waals surface area contributed by atoms with Crippen LogP contribution < -0.4 is 0 Å². The van der Waals surface area contributed by atoms with E-state index >= 15 is 0 Å². The normalized spacial score (nSPS) is 28.5. The van der Waals surface area contributed by atoms with Crippen molar-refractivity contribution >= 4 is 10.0 Å². The first-order valence-electron chi connectivity index (χ1n) is 11.5. The predicted octanol–water partition coefficient (Wildman–Crippen LogP) is 2.81. The smallest absolute Gasteiger partial charge is 0.243 e. The van der Waals surface area contributed by atoms with Crippen molar-refractivity contribution < 1.29 is 17.9 Å². The number of sulfonamides is 1. The van der Waals surface area contributed by atoms with Crippen LogP contribution in [0.15, 0.2) is 29.2 Å². The van der Waals surface area contributed by atoms with Crippen LogP contribution in [0.2, 0.25) is 0 Å². The van der Waals surface area contributed by atoms with E-state index in [2.05, 4.69) is 4.90 Å². The number of hydrogen-bond acceptors (Lipinski definition) is 5. The summed E-state index contributed by atoms with van der Waals surface area (Å²) in [5, 5.41) is 0. The van der Waals surface area contributed by atoms with Crippen LogP contribution in [0.25, 0.3) is 0 Å². The van der Waals surface area contributed by atoms with Gasteiger partial charge in [0.25, 0.3) is 0 Å². The predicted molar refractivity (Wildman–Crippen MR) is 115 cm³/mol. The molecule has 4 fully saturated rings. The Morgan fingerprint density at radius 3 is 2.47 bits per heavy atom. The molecule has 1 spiro atoms. The molecular weight excluding hydrogens is 400 g/mol. The molecule has 1 saturated carbocycles. The largest absolute Gasteiger partial charge is 0.381 e. The first kappa shape index (κ1) is 20.9. The van der Waals surface area contributed by atoms with Gasteiger partial charge in [0.2, 0.25) is 10.0 Å². The fourth-order valence-corrected chi connectivity index (χ4v) is 7.27. The molecule has 0 amide bonds. The molecule has 1 aliphatic carbocycles. The Morgan fingerprint density at radius 1 is 1.10 bits per heavy atom. The lowest BCUT2D eigenvalue weighted by Crippen LogP contribution is -2.76. The number of aryl methyl sites for hydroxylation is 1. The van der Waals surface area contributed by atoms with Crippen molar-refractivity contribution in [3.05, 3.63) is 29.8 Å². The lowest BCUT2D eigenvalue weighted by molar-refractivity contribution is -0.217. The van der Waals surface area contributed by atoms with Crippen LogP contribution in [0.1, 0.15) is 44.1 Å². The van der Waals surface area contributed by atoms with E-state index in [1.54, 1.807) is 10.4 Å². The van der Waals surface area contributed by atoms with Crippen LogP contribution in [0.5, 0.6) is 0 Å². The second-order valence-electron chi connectivity index (χ2n) is 9.53. The summed E-state index contributed by atoms with van der Waals surface area (Å²) in [6.45, 7) is 6.57. The van der Waals surface area contributed by atoms with Gasteiger partial charge in [-0.3, -0.25) is 4.90 Å². The molecule has 0 bridgehead atoms. The van der Waals surface area contributed by atoms with Crippen LogP contribution in [0.4, 0.5) is 0 Å². The van der Waals surface area contributed by atoms with E-state index in [1.165, 1.54) is 12.8 Å². The molecule has 1 aromatic rings. The van der Waals surface area contributed by atoms with Crippen LogP contribution in [0, 0.1) is 12.8 Å². The maximum absolute atomic E-state index is 13.1. The highest BCUT2D eigenvalue weighted by Gasteiger charge is 2.57. The first-order valence-corrected chi connectivity index (χ1v) is 13.0. The van der Waals surface area contributed by atoms with Crippen LogP contribution in [-0.4, -0.2) is 74.8 Å². The third-order valence-electron chi connectivity index (χ3n) is 7.70. The molecule has 3 saturated heterocycles. The highest BCUT2D eigenvalue weighted by molar-refractivity contribution is 7.89. The minimum Gasteiger partial charge on any atom is -0.381 e. The number of piperidine rings is 1. The van der Waals surface area contributed by atoms with Crippen LogP contribution in [0.3, 0.4) is 0 Å². The number of likely N-dealkylation sites (tertiary alicyclic amines) is 1. The van der Waals surface area contributed by atoms with Crippen LogP contribution >= 0.6 is 0 Å². The van der Waals surface area contributed by atoms with E-state index in [-0.39, 0.29) is 5.54 Å². The van der Waals surface area contributed by atoms with Gasteiger partial charge >= 0.3 is 0 Å². The summed E-state index contributed by atoms with van der Waals surface area (Å²) in [7, 11) is -3.42. The zero-order valence-electron chi connectivity index (χ0n) is 18.0. The maximum Gasteiger partial charge on any atom is 0.243 e. The highest BCUT2D eigenvalue weighted by atomic mass is 32.2. The molecule has 6 nitrogen and oxygen atoms in total.